The summed E-state index contributed by atoms with van der Waals surface area (Å²) in [5, 5.41) is 16.6. The van der Waals surface area contributed by atoms with E-state index in [1.807, 2.05) is 0 Å². The fourth-order valence-electron chi connectivity index (χ4n) is 2.13. The van der Waals surface area contributed by atoms with E-state index in [4.69, 9.17) is 9.84 Å². The van der Waals surface area contributed by atoms with Crippen molar-refractivity contribution in [1.29, 1.82) is 0 Å². The van der Waals surface area contributed by atoms with Crippen LogP contribution in [0.4, 0.5) is 4.39 Å². The second-order valence-corrected chi connectivity index (χ2v) is 5.05. The molecule has 1 aliphatic rings. The van der Waals surface area contributed by atoms with Gasteiger partial charge in [0.25, 0.3) is 5.88 Å². The number of ether oxygens (including phenoxy) is 1. The second kappa shape index (κ2) is 5.12. The summed E-state index contributed by atoms with van der Waals surface area (Å²) in [4.78, 5) is 11.2. The van der Waals surface area contributed by atoms with Crippen LogP contribution >= 0.6 is 0 Å². The molecule has 3 rings (SSSR count). The second-order valence-electron chi connectivity index (χ2n) is 5.05. The molecule has 108 valence electrons. The lowest BCUT2D eigenvalue weighted by molar-refractivity contribution is 0.0692. The van der Waals surface area contributed by atoms with Gasteiger partial charge in [-0.25, -0.2) is 9.18 Å². The highest BCUT2D eigenvalue weighted by atomic mass is 19.1. The molecule has 0 atom stereocenters. The number of benzene rings is 1. The molecule has 0 aliphatic heterocycles. The predicted molar refractivity (Wildman–Crippen MR) is 72.2 cm³/mol. The first kappa shape index (κ1) is 13.5. The van der Waals surface area contributed by atoms with Gasteiger partial charge in [-0.3, -0.25) is 0 Å². The normalized spacial score (nSPS) is 14.0. The van der Waals surface area contributed by atoms with Crippen LogP contribution in [0.25, 0.3) is 0 Å². The highest BCUT2D eigenvalue weighted by molar-refractivity contribution is 5.90. The molecule has 6 heteroatoms. The average molecular weight is 288 g/mol. The average Bonchev–Trinajstić information content (AvgIpc) is 3.27. The van der Waals surface area contributed by atoms with Crippen molar-refractivity contribution in [1.82, 2.24) is 10.2 Å². The van der Waals surface area contributed by atoms with Crippen LogP contribution in [0.2, 0.25) is 0 Å². The summed E-state index contributed by atoms with van der Waals surface area (Å²) >= 11 is 0. The number of rotatable bonds is 4. The number of hydrogen-bond donors (Lipinski definition) is 1. The van der Waals surface area contributed by atoms with E-state index in [0.717, 1.165) is 12.8 Å². The van der Waals surface area contributed by atoms with E-state index >= 15 is 0 Å². The van der Waals surface area contributed by atoms with Gasteiger partial charge in [-0.15, -0.1) is 5.10 Å². The van der Waals surface area contributed by atoms with E-state index in [-0.39, 0.29) is 23.1 Å². The van der Waals surface area contributed by atoms with E-state index in [1.165, 1.54) is 12.1 Å². The number of hydrogen-bond acceptors (Lipinski definition) is 4. The number of nitrogens with zero attached hydrogens (tertiary/aromatic N) is 2. The number of aromatic carboxylic acids is 1. The first-order valence-corrected chi connectivity index (χ1v) is 6.60. The topological polar surface area (TPSA) is 72.3 Å². The molecular weight excluding hydrogens is 275 g/mol. The van der Waals surface area contributed by atoms with Crippen molar-refractivity contribution in [2.45, 2.75) is 25.7 Å². The Morgan fingerprint density at radius 3 is 2.81 bits per heavy atom. The van der Waals surface area contributed by atoms with Gasteiger partial charge < -0.3 is 9.84 Å². The zero-order chi connectivity index (χ0) is 15.0. The predicted octanol–water partition coefficient (Wildman–Crippen LogP) is 3.29. The molecule has 21 heavy (non-hydrogen) atoms. The van der Waals surface area contributed by atoms with E-state index in [2.05, 4.69) is 10.2 Å². The zero-order valence-corrected chi connectivity index (χ0v) is 11.3. The van der Waals surface area contributed by atoms with Gasteiger partial charge in [-0.05, 0) is 43.4 Å². The molecule has 1 heterocycles. The number of aromatic nitrogens is 2. The van der Waals surface area contributed by atoms with E-state index < -0.39 is 11.8 Å². The number of aryl methyl sites for hydroxylation is 1. The van der Waals surface area contributed by atoms with Crippen molar-refractivity contribution < 1.29 is 19.0 Å². The lowest BCUT2D eigenvalue weighted by Gasteiger charge is -2.10. The van der Waals surface area contributed by atoms with Gasteiger partial charge in [-0.1, -0.05) is 12.1 Å². The van der Waals surface area contributed by atoms with Gasteiger partial charge in [0.1, 0.15) is 5.56 Å². The van der Waals surface area contributed by atoms with Crippen LogP contribution in [0.3, 0.4) is 0 Å². The number of carboxylic acid groups (broad SMARTS) is 1. The highest BCUT2D eigenvalue weighted by Crippen LogP contribution is 2.43. The van der Waals surface area contributed by atoms with Crippen LogP contribution in [0.5, 0.6) is 11.6 Å². The third kappa shape index (κ3) is 2.69. The van der Waals surface area contributed by atoms with Gasteiger partial charge in [-0.2, -0.15) is 5.10 Å². The Balaban J connectivity index is 1.97. The molecule has 2 aromatic rings. The summed E-state index contributed by atoms with van der Waals surface area (Å²) in [6, 6.07) is 6.20. The quantitative estimate of drug-likeness (QED) is 0.934. The van der Waals surface area contributed by atoms with Crippen LogP contribution in [0, 0.1) is 12.7 Å². The van der Waals surface area contributed by atoms with Crippen molar-refractivity contribution in [2.24, 2.45) is 0 Å². The summed E-state index contributed by atoms with van der Waals surface area (Å²) in [6.45, 7) is 1.62. The SMILES string of the molecule is Cc1cc(C(=O)O)c(Oc2cccc(C3CC3)c2F)nn1. The molecular formula is C15H13FN2O3. The molecule has 0 unspecified atom stereocenters. The Morgan fingerprint density at radius 2 is 2.14 bits per heavy atom. The molecule has 5 nitrogen and oxygen atoms in total. The number of carboxylic acids is 1. The van der Waals surface area contributed by atoms with Crippen LogP contribution in [0.1, 0.15) is 40.4 Å². The van der Waals surface area contributed by atoms with E-state index in [9.17, 15) is 9.18 Å². The minimum atomic E-state index is -1.19. The fraction of sp³-hybridized carbons (Fsp3) is 0.267. The summed E-state index contributed by atoms with van der Waals surface area (Å²) in [7, 11) is 0. The van der Waals surface area contributed by atoms with Crippen molar-refractivity contribution in [3.05, 3.63) is 46.9 Å². The molecule has 1 aromatic heterocycles. The minimum Gasteiger partial charge on any atom is -0.477 e. The third-order valence-corrected chi connectivity index (χ3v) is 3.33. The zero-order valence-electron chi connectivity index (χ0n) is 11.3. The van der Waals surface area contributed by atoms with Gasteiger partial charge in [0, 0.05) is 0 Å². The summed E-state index contributed by atoms with van der Waals surface area (Å²) in [5.41, 5.74) is 0.912. The van der Waals surface area contributed by atoms with E-state index in [0.29, 0.717) is 11.3 Å². The largest absolute Gasteiger partial charge is 0.477 e. The van der Waals surface area contributed by atoms with Crippen molar-refractivity contribution in [3.8, 4) is 11.6 Å². The van der Waals surface area contributed by atoms with Gasteiger partial charge in [0.15, 0.2) is 11.6 Å². The van der Waals surface area contributed by atoms with Crippen molar-refractivity contribution in [3.63, 3.8) is 0 Å². The van der Waals surface area contributed by atoms with Gasteiger partial charge >= 0.3 is 5.97 Å². The fourth-order valence-corrected chi connectivity index (χ4v) is 2.13. The van der Waals surface area contributed by atoms with Gasteiger partial charge in [0.2, 0.25) is 0 Å². The molecule has 0 amide bonds. The number of halogens is 1. The molecule has 1 N–H and O–H groups in total. The lowest BCUT2D eigenvalue weighted by Crippen LogP contribution is -2.05. The van der Waals surface area contributed by atoms with Crippen LogP contribution in [-0.4, -0.2) is 21.3 Å². The molecule has 1 aromatic carbocycles. The maximum Gasteiger partial charge on any atom is 0.341 e. The minimum absolute atomic E-state index is 0.0277. The van der Waals surface area contributed by atoms with Crippen molar-refractivity contribution in [2.75, 3.05) is 0 Å². The van der Waals surface area contributed by atoms with E-state index in [1.54, 1.807) is 19.1 Å². The molecule has 1 saturated carbocycles. The molecule has 0 saturated heterocycles. The standard InChI is InChI=1S/C15H13FN2O3/c1-8-7-11(15(19)20)14(18-17-8)21-12-4-2-3-10(13(12)16)9-5-6-9/h2-4,7,9H,5-6H2,1H3,(H,19,20). The van der Waals surface area contributed by atoms with Crippen LogP contribution < -0.4 is 4.74 Å². The maximum absolute atomic E-state index is 14.3. The van der Waals surface area contributed by atoms with Crippen molar-refractivity contribution >= 4 is 5.97 Å². The Labute approximate surface area is 120 Å². The highest BCUT2D eigenvalue weighted by Gasteiger charge is 2.28. The Bertz CT molecular complexity index is 714. The first-order chi connectivity index (χ1) is 10.1. The van der Waals surface area contributed by atoms with Gasteiger partial charge in [0.05, 0.1) is 5.69 Å². The Hall–Kier alpha value is -2.50. The Morgan fingerprint density at radius 1 is 1.38 bits per heavy atom. The summed E-state index contributed by atoms with van der Waals surface area (Å²) in [5.74, 6) is -1.66. The first-order valence-electron chi connectivity index (χ1n) is 6.60. The third-order valence-electron chi connectivity index (χ3n) is 3.33. The lowest BCUT2D eigenvalue weighted by atomic mass is 10.1. The smallest absolute Gasteiger partial charge is 0.341 e. The molecule has 0 radical (unpaired) electrons. The number of carbonyl (C=O) groups is 1. The molecule has 0 spiro atoms. The summed E-state index contributed by atoms with van der Waals surface area (Å²) < 4.78 is 19.7. The Kier molecular flexibility index (Phi) is 3.29. The van der Waals surface area contributed by atoms with Crippen LogP contribution in [-0.2, 0) is 0 Å². The molecule has 1 fully saturated rings. The monoisotopic (exact) mass is 288 g/mol. The maximum atomic E-state index is 14.3. The van der Waals surface area contributed by atoms with Crippen LogP contribution in [0.15, 0.2) is 24.3 Å². The summed E-state index contributed by atoms with van der Waals surface area (Å²) in [6.07, 6.45) is 1.93. The molecule has 0 bridgehead atoms. The molecule has 1 aliphatic carbocycles.